The van der Waals surface area contributed by atoms with Crippen LogP contribution in [0.1, 0.15) is 68.2 Å². The van der Waals surface area contributed by atoms with Crippen molar-refractivity contribution in [3.63, 3.8) is 0 Å². The Balaban J connectivity index is 1.73. The number of hydrogen-bond acceptors (Lipinski definition) is 2. The quantitative estimate of drug-likeness (QED) is 0.551. The first-order chi connectivity index (χ1) is 13.2. The molecule has 150 valence electrons. The monoisotopic (exact) mass is 444 g/mol. The molecule has 28 heavy (non-hydrogen) atoms. The minimum atomic E-state index is -0.731. The van der Waals surface area contributed by atoms with Gasteiger partial charge in [-0.1, -0.05) is 54.9 Å². The van der Waals surface area contributed by atoms with Gasteiger partial charge in [0.1, 0.15) is 12.4 Å². The number of carbonyl (C=O) groups is 1. The number of aliphatic carboxylic acids is 1. The summed E-state index contributed by atoms with van der Waals surface area (Å²) in [7, 11) is 0. The Kier molecular flexibility index (Phi) is 6.49. The van der Waals surface area contributed by atoms with Crippen molar-refractivity contribution >= 4 is 21.9 Å². The van der Waals surface area contributed by atoms with Gasteiger partial charge in [-0.3, -0.25) is 4.79 Å². The smallest absolute Gasteiger partial charge is 0.303 e. The average Bonchev–Trinajstić information content (AvgIpc) is 2.61. The molecule has 0 heterocycles. The second-order valence-electron chi connectivity index (χ2n) is 9.00. The van der Waals surface area contributed by atoms with Crippen LogP contribution in [0.25, 0.3) is 0 Å². The molecule has 3 rings (SSSR count). The molecule has 0 saturated heterocycles. The summed E-state index contributed by atoms with van der Waals surface area (Å²) < 4.78 is 7.21. The lowest BCUT2D eigenvalue weighted by Gasteiger charge is -2.25. The first-order valence-corrected chi connectivity index (χ1v) is 10.8. The van der Waals surface area contributed by atoms with Crippen molar-refractivity contribution in [2.75, 3.05) is 0 Å². The molecular weight excluding hydrogens is 416 g/mol. The number of rotatable bonds is 6. The fourth-order valence-corrected chi connectivity index (χ4v) is 4.37. The van der Waals surface area contributed by atoms with Crippen molar-refractivity contribution in [1.82, 2.24) is 0 Å². The first kappa shape index (κ1) is 20.9. The molecule has 0 aromatic heterocycles. The predicted octanol–water partition coefficient (Wildman–Crippen LogP) is 6.51. The summed E-state index contributed by atoms with van der Waals surface area (Å²) in [5.74, 6) is 0.178. The van der Waals surface area contributed by atoms with Gasteiger partial charge in [-0.25, -0.2) is 0 Å². The number of benzene rings is 2. The molecule has 2 aromatic rings. The van der Waals surface area contributed by atoms with Crippen LogP contribution in [0, 0.1) is 5.41 Å². The number of ether oxygens (including phenoxy) is 1. The van der Waals surface area contributed by atoms with Crippen molar-refractivity contribution in [3.05, 3.63) is 63.1 Å². The molecule has 0 amide bonds. The molecule has 1 atom stereocenters. The van der Waals surface area contributed by atoms with Gasteiger partial charge in [-0.05, 0) is 77.5 Å². The Labute approximate surface area is 176 Å². The van der Waals surface area contributed by atoms with Crippen LogP contribution in [0.15, 0.2) is 40.9 Å². The molecule has 1 aliphatic rings. The van der Waals surface area contributed by atoms with Crippen LogP contribution in [0.4, 0.5) is 0 Å². The number of fused-ring (bicyclic) bond motifs is 1. The van der Waals surface area contributed by atoms with Gasteiger partial charge < -0.3 is 9.84 Å². The summed E-state index contributed by atoms with van der Waals surface area (Å²) in [5, 5.41) is 9.21. The zero-order chi connectivity index (χ0) is 20.3. The Bertz CT molecular complexity index is 851. The van der Waals surface area contributed by atoms with E-state index in [4.69, 9.17) is 4.74 Å². The number of aryl methyl sites for hydroxylation is 1. The fraction of sp³-hybridized carbons (Fsp3) is 0.458. The minimum Gasteiger partial charge on any atom is -0.489 e. The van der Waals surface area contributed by atoms with Crippen LogP contribution in [0.5, 0.6) is 5.75 Å². The lowest BCUT2D eigenvalue weighted by molar-refractivity contribution is -0.137. The van der Waals surface area contributed by atoms with Crippen molar-refractivity contribution in [2.24, 2.45) is 5.41 Å². The maximum atomic E-state index is 11.2. The number of carboxylic acids is 1. The van der Waals surface area contributed by atoms with Gasteiger partial charge in [0.25, 0.3) is 0 Å². The van der Waals surface area contributed by atoms with Gasteiger partial charge in [0, 0.05) is 4.47 Å². The minimum absolute atomic E-state index is 0.0934. The van der Waals surface area contributed by atoms with Crippen molar-refractivity contribution in [2.45, 2.75) is 65.4 Å². The Morgan fingerprint density at radius 2 is 2.00 bits per heavy atom. The highest BCUT2D eigenvalue weighted by molar-refractivity contribution is 9.10. The van der Waals surface area contributed by atoms with E-state index in [0.717, 1.165) is 47.0 Å². The van der Waals surface area contributed by atoms with Crippen LogP contribution in [-0.4, -0.2) is 11.1 Å². The summed E-state index contributed by atoms with van der Waals surface area (Å²) in [6.45, 7) is 7.22. The molecule has 0 fully saturated rings. The van der Waals surface area contributed by atoms with Gasteiger partial charge in [0.05, 0.1) is 6.42 Å². The molecule has 0 bridgehead atoms. The second kappa shape index (κ2) is 8.69. The summed E-state index contributed by atoms with van der Waals surface area (Å²) in [5.41, 5.74) is 5.07. The van der Waals surface area contributed by atoms with Gasteiger partial charge in [0.15, 0.2) is 0 Å². The lowest BCUT2D eigenvalue weighted by Crippen LogP contribution is -2.13. The second-order valence-corrected chi connectivity index (χ2v) is 9.85. The average molecular weight is 445 g/mol. The van der Waals surface area contributed by atoms with Gasteiger partial charge in [-0.15, -0.1) is 0 Å². The van der Waals surface area contributed by atoms with Gasteiger partial charge in [-0.2, -0.15) is 0 Å². The SMILES string of the molecule is CC(C)(C)Cc1cc(COc2ccc3c(c2)C(CC(=O)O)CCC3)ccc1Br. The van der Waals surface area contributed by atoms with Crippen LogP contribution in [0.3, 0.4) is 0 Å². The van der Waals surface area contributed by atoms with E-state index in [9.17, 15) is 9.90 Å². The van der Waals surface area contributed by atoms with E-state index < -0.39 is 5.97 Å². The zero-order valence-corrected chi connectivity index (χ0v) is 18.5. The molecule has 0 aliphatic heterocycles. The van der Waals surface area contributed by atoms with Crippen LogP contribution in [0.2, 0.25) is 0 Å². The zero-order valence-electron chi connectivity index (χ0n) is 16.9. The number of hydrogen-bond donors (Lipinski definition) is 1. The molecule has 3 nitrogen and oxygen atoms in total. The van der Waals surface area contributed by atoms with Crippen molar-refractivity contribution in [1.29, 1.82) is 0 Å². The number of halogens is 1. The van der Waals surface area contributed by atoms with Gasteiger partial charge in [0.2, 0.25) is 0 Å². The Hall–Kier alpha value is -1.81. The standard InChI is InChI=1S/C24H29BrO3/c1-24(2,3)14-19-11-16(7-10-22(19)25)15-28-20-9-8-17-5-4-6-18(12-23(26)27)21(17)13-20/h7-11,13,18H,4-6,12,14-15H2,1-3H3,(H,26,27). The third kappa shape index (κ3) is 5.60. The summed E-state index contributed by atoms with van der Waals surface area (Å²) in [6.07, 6.45) is 4.21. The van der Waals surface area contributed by atoms with E-state index in [0.29, 0.717) is 6.61 Å². The third-order valence-electron chi connectivity index (χ3n) is 5.21. The maximum absolute atomic E-state index is 11.2. The molecule has 0 radical (unpaired) electrons. The highest BCUT2D eigenvalue weighted by Gasteiger charge is 2.23. The lowest BCUT2D eigenvalue weighted by atomic mass is 9.81. The molecule has 4 heteroatoms. The highest BCUT2D eigenvalue weighted by Crippen LogP contribution is 2.36. The molecule has 1 N–H and O–H groups in total. The van der Waals surface area contributed by atoms with E-state index in [2.05, 4.69) is 67.0 Å². The van der Waals surface area contributed by atoms with Crippen LogP contribution < -0.4 is 4.74 Å². The van der Waals surface area contributed by atoms with E-state index in [1.807, 2.05) is 6.07 Å². The summed E-state index contributed by atoms with van der Waals surface area (Å²) in [6, 6.07) is 12.6. The van der Waals surface area contributed by atoms with Crippen LogP contribution >= 0.6 is 15.9 Å². The normalized spacial score (nSPS) is 16.5. The fourth-order valence-electron chi connectivity index (χ4n) is 3.98. The highest BCUT2D eigenvalue weighted by atomic mass is 79.9. The Morgan fingerprint density at radius 3 is 2.71 bits per heavy atom. The third-order valence-corrected chi connectivity index (χ3v) is 5.99. The van der Waals surface area contributed by atoms with Crippen LogP contribution in [-0.2, 0) is 24.2 Å². The molecule has 1 unspecified atom stereocenters. The summed E-state index contributed by atoms with van der Waals surface area (Å²) in [4.78, 5) is 11.2. The first-order valence-electron chi connectivity index (χ1n) is 9.96. The largest absolute Gasteiger partial charge is 0.489 e. The number of carboxylic acid groups (broad SMARTS) is 1. The molecule has 1 aliphatic carbocycles. The Morgan fingerprint density at radius 1 is 1.21 bits per heavy atom. The molecular formula is C24H29BrO3. The molecule has 2 aromatic carbocycles. The van der Waals surface area contributed by atoms with E-state index >= 15 is 0 Å². The summed E-state index contributed by atoms with van der Waals surface area (Å²) >= 11 is 3.66. The van der Waals surface area contributed by atoms with E-state index in [1.54, 1.807) is 0 Å². The van der Waals surface area contributed by atoms with E-state index in [1.165, 1.54) is 11.1 Å². The van der Waals surface area contributed by atoms with Crippen molar-refractivity contribution in [3.8, 4) is 5.75 Å². The van der Waals surface area contributed by atoms with Crippen molar-refractivity contribution < 1.29 is 14.6 Å². The predicted molar refractivity (Wildman–Crippen MR) is 116 cm³/mol. The maximum Gasteiger partial charge on any atom is 0.303 e. The topological polar surface area (TPSA) is 46.5 Å². The molecule has 0 spiro atoms. The molecule has 0 saturated carbocycles. The van der Waals surface area contributed by atoms with Gasteiger partial charge >= 0.3 is 5.97 Å². The van der Waals surface area contributed by atoms with E-state index in [-0.39, 0.29) is 17.8 Å².